The van der Waals surface area contributed by atoms with Crippen molar-refractivity contribution in [1.82, 2.24) is 0 Å². The number of hydrogen-bond acceptors (Lipinski definition) is 6. The first kappa shape index (κ1) is 21.2. The van der Waals surface area contributed by atoms with Crippen LogP contribution in [0, 0.1) is 12.7 Å². The zero-order chi connectivity index (χ0) is 23.1. The molecule has 5 rings (SSSR count). The number of rotatable bonds is 3. The third-order valence-electron chi connectivity index (χ3n) is 5.31. The molecule has 8 heteroatoms. The first-order valence-corrected chi connectivity index (χ1v) is 10.4. The van der Waals surface area contributed by atoms with Crippen molar-refractivity contribution in [3.05, 3.63) is 92.9 Å². The van der Waals surface area contributed by atoms with E-state index in [-0.39, 0.29) is 29.6 Å². The summed E-state index contributed by atoms with van der Waals surface area (Å²) in [5.74, 6) is -0.210. The van der Waals surface area contributed by atoms with E-state index in [4.69, 9.17) is 30.5 Å². The van der Waals surface area contributed by atoms with Gasteiger partial charge in [-0.15, -0.1) is 0 Å². The molecule has 3 aromatic rings. The number of halogens is 2. The second-order valence-corrected chi connectivity index (χ2v) is 7.93. The topological polar surface area (TPSA) is 71.1 Å². The van der Waals surface area contributed by atoms with Gasteiger partial charge >= 0.3 is 5.97 Å². The van der Waals surface area contributed by atoms with Gasteiger partial charge in [-0.05, 0) is 61.5 Å². The Morgan fingerprint density at radius 3 is 2.70 bits per heavy atom. The lowest BCUT2D eigenvalue weighted by Crippen LogP contribution is -2.12. The lowest BCUT2D eigenvalue weighted by atomic mass is 10.0. The zero-order valence-corrected chi connectivity index (χ0v) is 18.1. The molecular formula is C25H16ClFO6. The molecule has 0 amide bonds. The van der Waals surface area contributed by atoms with Crippen LogP contribution in [0.3, 0.4) is 0 Å². The van der Waals surface area contributed by atoms with Gasteiger partial charge in [0.05, 0.1) is 17.7 Å². The maximum atomic E-state index is 13.1. The molecule has 0 spiro atoms. The summed E-state index contributed by atoms with van der Waals surface area (Å²) >= 11 is 6.21. The third-order valence-corrected chi connectivity index (χ3v) is 5.53. The summed E-state index contributed by atoms with van der Waals surface area (Å²) in [4.78, 5) is 25.4. The van der Waals surface area contributed by atoms with Crippen LogP contribution in [0.5, 0.6) is 17.2 Å². The third kappa shape index (κ3) is 3.97. The Balaban J connectivity index is 1.45. The quantitative estimate of drug-likeness (QED) is 0.289. The fourth-order valence-electron chi connectivity index (χ4n) is 3.68. The smallest absolute Gasteiger partial charge is 0.343 e. The van der Waals surface area contributed by atoms with Crippen molar-refractivity contribution in [2.24, 2.45) is 0 Å². The Bertz CT molecular complexity index is 1330. The van der Waals surface area contributed by atoms with E-state index in [1.54, 1.807) is 25.1 Å². The first-order valence-electron chi connectivity index (χ1n) is 9.99. The highest BCUT2D eigenvalue weighted by Gasteiger charge is 2.31. The number of ketones is 1. The summed E-state index contributed by atoms with van der Waals surface area (Å²) in [6, 6.07) is 11.5. The molecule has 0 saturated carbocycles. The summed E-state index contributed by atoms with van der Waals surface area (Å²) < 4.78 is 35.3. The molecule has 0 saturated heterocycles. The number of Topliss-reactive ketones (excluding diaryl/α,β-unsaturated/α-hetero) is 1. The molecule has 0 N–H and O–H groups in total. The van der Waals surface area contributed by atoms with Crippen LogP contribution >= 0.6 is 11.6 Å². The number of hydrogen-bond donors (Lipinski definition) is 0. The summed E-state index contributed by atoms with van der Waals surface area (Å²) in [5, 5.41) is 0.476. The van der Waals surface area contributed by atoms with E-state index < -0.39 is 11.8 Å². The maximum Gasteiger partial charge on any atom is 0.343 e. The highest BCUT2D eigenvalue weighted by Crippen LogP contribution is 2.41. The molecule has 6 nitrogen and oxygen atoms in total. The van der Waals surface area contributed by atoms with Crippen LogP contribution in [-0.4, -0.2) is 18.5 Å². The van der Waals surface area contributed by atoms with Crippen molar-refractivity contribution >= 4 is 29.4 Å². The van der Waals surface area contributed by atoms with Crippen molar-refractivity contribution in [3.8, 4) is 17.2 Å². The van der Waals surface area contributed by atoms with Gasteiger partial charge in [0.25, 0.3) is 0 Å². The van der Waals surface area contributed by atoms with Gasteiger partial charge in [0.15, 0.2) is 12.6 Å². The number of benzene rings is 3. The average molecular weight is 467 g/mol. The summed E-state index contributed by atoms with van der Waals surface area (Å²) in [6.07, 6.45) is 1.57. The summed E-state index contributed by atoms with van der Waals surface area (Å²) in [5.41, 5.74) is 2.40. The molecule has 166 valence electrons. The number of carbonyl (C=O) groups excluding carboxylic acids is 2. The Morgan fingerprint density at radius 1 is 1.12 bits per heavy atom. The van der Waals surface area contributed by atoms with E-state index in [1.807, 2.05) is 0 Å². The minimum atomic E-state index is -0.650. The first-order chi connectivity index (χ1) is 15.9. The maximum absolute atomic E-state index is 13.1. The molecular weight excluding hydrogens is 451 g/mol. The van der Waals surface area contributed by atoms with Crippen LogP contribution in [0.15, 0.2) is 54.3 Å². The predicted octanol–water partition coefficient (Wildman–Crippen LogP) is 5.49. The van der Waals surface area contributed by atoms with Crippen LogP contribution < -0.4 is 14.2 Å². The number of fused-ring (bicyclic) bond motifs is 2. The second kappa shape index (κ2) is 8.35. The van der Waals surface area contributed by atoms with Crippen molar-refractivity contribution in [3.63, 3.8) is 0 Å². The predicted molar refractivity (Wildman–Crippen MR) is 117 cm³/mol. The van der Waals surface area contributed by atoms with E-state index in [0.717, 1.165) is 5.56 Å². The SMILES string of the molecule is Cc1c(OC(=O)c2ccc(F)cc2)ccc2c1O/C(=C\c1cc(Cl)cc3c1OCOC3)C2=O. The molecule has 0 aromatic heterocycles. The fraction of sp³-hybridized carbons (Fsp3) is 0.120. The van der Waals surface area contributed by atoms with Gasteiger partial charge in [0.2, 0.25) is 5.78 Å². The lowest BCUT2D eigenvalue weighted by molar-refractivity contribution is -0.0165. The van der Waals surface area contributed by atoms with E-state index in [2.05, 4.69) is 0 Å². The molecule has 2 aliphatic rings. The number of ether oxygens (including phenoxy) is 4. The second-order valence-electron chi connectivity index (χ2n) is 7.50. The number of carbonyl (C=O) groups is 2. The van der Waals surface area contributed by atoms with Gasteiger partial charge in [-0.2, -0.15) is 0 Å². The molecule has 0 bridgehead atoms. The van der Waals surface area contributed by atoms with Gasteiger partial charge < -0.3 is 18.9 Å². The van der Waals surface area contributed by atoms with Crippen molar-refractivity contribution in [2.45, 2.75) is 13.5 Å². The van der Waals surface area contributed by atoms with E-state index in [1.165, 1.54) is 36.4 Å². The standard InChI is InChI=1S/C25H16ClFO6/c1-13-20(33-25(29)14-2-4-18(27)5-3-14)7-6-19-22(28)21(32-23(13)19)10-15-8-17(26)9-16-11-30-12-31-24(15)16/h2-10H,11-12H2,1H3/b21-10-. The highest BCUT2D eigenvalue weighted by atomic mass is 35.5. The molecule has 0 fully saturated rings. The van der Waals surface area contributed by atoms with Crippen LogP contribution in [0.25, 0.3) is 6.08 Å². The molecule has 0 unspecified atom stereocenters. The number of esters is 1. The van der Waals surface area contributed by atoms with E-state index in [9.17, 15) is 14.0 Å². The van der Waals surface area contributed by atoms with Gasteiger partial charge in [0.1, 0.15) is 23.1 Å². The Hall–Kier alpha value is -3.68. The number of allylic oxidation sites excluding steroid dienone is 1. The van der Waals surface area contributed by atoms with E-state index >= 15 is 0 Å². The normalized spacial score (nSPS) is 15.5. The van der Waals surface area contributed by atoms with Crippen LogP contribution in [0.4, 0.5) is 4.39 Å². The molecule has 2 heterocycles. The average Bonchev–Trinajstić information content (AvgIpc) is 3.12. The van der Waals surface area contributed by atoms with Crippen molar-refractivity contribution < 1.29 is 32.9 Å². The van der Waals surface area contributed by atoms with Crippen molar-refractivity contribution in [2.75, 3.05) is 6.79 Å². The Morgan fingerprint density at radius 2 is 1.91 bits per heavy atom. The van der Waals surface area contributed by atoms with Gasteiger partial charge in [-0.1, -0.05) is 11.6 Å². The summed E-state index contributed by atoms with van der Waals surface area (Å²) in [7, 11) is 0. The van der Waals surface area contributed by atoms with Crippen LogP contribution in [-0.2, 0) is 11.3 Å². The minimum absolute atomic E-state index is 0.0923. The molecule has 3 aromatic carbocycles. The highest BCUT2D eigenvalue weighted by molar-refractivity contribution is 6.31. The van der Waals surface area contributed by atoms with Gasteiger partial charge in [-0.25, -0.2) is 9.18 Å². The van der Waals surface area contributed by atoms with Crippen LogP contribution in [0.2, 0.25) is 5.02 Å². The minimum Gasteiger partial charge on any atom is -0.467 e. The molecule has 2 aliphatic heterocycles. The zero-order valence-electron chi connectivity index (χ0n) is 17.3. The fourth-order valence-corrected chi connectivity index (χ4v) is 3.93. The molecule has 0 atom stereocenters. The van der Waals surface area contributed by atoms with E-state index in [0.29, 0.717) is 39.8 Å². The lowest BCUT2D eigenvalue weighted by Gasteiger charge is -2.20. The Labute approximate surface area is 193 Å². The molecule has 33 heavy (non-hydrogen) atoms. The largest absolute Gasteiger partial charge is 0.467 e. The molecule has 0 radical (unpaired) electrons. The van der Waals surface area contributed by atoms with Gasteiger partial charge in [0, 0.05) is 21.7 Å². The monoisotopic (exact) mass is 466 g/mol. The summed E-state index contributed by atoms with van der Waals surface area (Å²) in [6.45, 7) is 2.13. The Kier molecular flexibility index (Phi) is 5.36. The van der Waals surface area contributed by atoms with Crippen LogP contribution in [0.1, 0.15) is 37.4 Å². The molecule has 0 aliphatic carbocycles. The van der Waals surface area contributed by atoms with Gasteiger partial charge in [-0.3, -0.25) is 4.79 Å². The van der Waals surface area contributed by atoms with Crippen molar-refractivity contribution in [1.29, 1.82) is 0 Å².